The van der Waals surface area contributed by atoms with Crippen LogP contribution in [0.4, 0.5) is 0 Å². The van der Waals surface area contributed by atoms with Gasteiger partial charge in [-0.2, -0.15) is 0 Å². The molecule has 10 heteroatoms. The third-order valence-corrected chi connectivity index (χ3v) is 13.7. The Morgan fingerprint density at radius 1 is 1.03 bits per heavy atom. The average molecular weight is 817 g/mol. The fraction of sp³-hybridized carbons (Fsp3) is 0.625. The summed E-state index contributed by atoms with van der Waals surface area (Å²) in [6.45, 7) is 10.3. The number of hydrogen-bond acceptors (Lipinski definition) is 9. The quantitative estimate of drug-likeness (QED) is 0.0467. The Morgan fingerprint density at radius 3 is 2.53 bits per heavy atom. The summed E-state index contributed by atoms with van der Waals surface area (Å²) in [5, 5.41) is 24.6. The number of carbonyl (C=O) groups excluding carboxylic acids is 1. The van der Waals surface area contributed by atoms with Crippen LogP contribution in [0.2, 0.25) is 0 Å². The largest absolute Gasteiger partial charge is 0.493 e. The Kier molecular flexibility index (Phi) is 17.0. The lowest BCUT2D eigenvalue weighted by molar-refractivity contribution is -0.257. The van der Waals surface area contributed by atoms with Gasteiger partial charge in [0.15, 0.2) is 0 Å². The van der Waals surface area contributed by atoms with Crippen molar-refractivity contribution in [2.45, 2.75) is 126 Å². The summed E-state index contributed by atoms with van der Waals surface area (Å²) in [6, 6.07) is 16.1. The SMILES string of the molecule is C=CCOC12Oc3ccc(OCCSc4ccccc4)cc3C3C(CCCCO)C(CCCCO)C=C(C(=NOCC)CC1N(CCC)C(=O)CCC1CCCC1)C32. The first kappa shape index (κ1) is 44.2. The summed E-state index contributed by atoms with van der Waals surface area (Å²) in [7, 11) is 0. The van der Waals surface area contributed by atoms with E-state index in [1.165, 1.54) is 30.6 Å². The third-order valence-electron chi connectivity index (χ3n) is 12.7. The van der Waals surface area contributed by atoms with E-state index in [4.69, 9.17) is 24.2 Å². The number of hydrogen-bond donors (Lipinski definition) is 2. The number of ether oxygens (including phenoxy) is 3. The molecule has 1 aliphatic heterocycles. The Labute approximate surface area is 351 Å². The van der Waals surface area contributed by atoms with Gasteiger partial charge in [-0.15, -0.1) is 18.3 Å². The lowest BCUT2D eigenvalue weighted by Crippen LogP contribution is -2.70. The number of allylic oxidation sites excluding steroid dienone is 1. The molecule has 0 spiro atoms. The van der Waals surface area contributed by atoms with Crippen LogP contribution < -0.4 is 9.47 Å². The van der Waals surface area contributed by atoms with Crippen molar-refractivity contribution in [1.29, 1.82) is 0 Å². The maximum Gasteiger partial charge on any atom is 0.239 e. The summed E-state index contributed by atoms with van der Waals surface area (Å²) >= 11 is 1.78. The van der Waals surface area contributed by atoms with E-state index in [1.807, 2.05) is 25.1 Å². The van der Waals surface area contributed by atoms with Crippen LogP contribution in [-0.2, 0) is 14.4 Å². The molecule has 0 radical (unpaired) electrons. The highest BCUT2D eigenvalue weighted by Crippen LogP contribution is 2.62. The molecular formula is C48H68N2O7S. The van der Waals surface area contributed by atoms with Crippen molar-refractivity contribution < 1.29 is 34.1 Å². The molecule has 0 bridgehead atoms. The van der Waals surface area contributed by atoms with Gasteiger partial charge in [0.1, 0.15) is 24.1 Å². The molecule has 0 saturated heterocycles. The minimum absolute atomic E-state index is 0.0691. The Hall–Kier alpha value is -3.31. The van der Waals surface area contributed by atoms with Gasteiger partial charge in [-0.1, -0.05) is 81.0 Å². The Balaban J connectivity index is 1.46. The van der Waals surface area contributed by atoms with Gasteiger partial charge < -0.3 is 34.2 Å². The van der Waals surface area contributed by atoms with E-state index >= 15 is 0 Å². The van der Waals surface area contributed by atoms with E-state index in [9.17, 15) is 15.0 Å². The second-order valence-electron chi connectivity index (χ2n) is 16.5. The number of amides is 1. The fourth-order valence-corrected chi connectivity index (χ4v) is 10.9. The number of nitrogens with zero attached hydrogens (tertiary/aromatic N) is 2. The van der Waals surface area contributed by atoms with Crippen LogP contribution >= 0.6 is 11.8 Å². The summed E-state index contributed by atoms with van der Waals surface area (Å²) in [4.78, 5) is 23.8. The van der Waals surface area contributed by atoms with Gasteiger partial charge in [-0.3, -0.25) is 4.79 Å². The molecule has 0 aromatic heterocycles. The fourth-order valence-electron chi connectivity index (χ4n) is 10.2. The van der Waals surface area contributed by atoms with E-state index in [-0.39, 0.29) is 49.4 Å². The van der Waals surface area contributed by atoms with E-state index in [2.05, 4.69) is 54.8 Å². The monoisotopic (exact) mass is 816 g/mol. The average Bonchev–Trinajstić information content (AvgIpc) is 3.78. The highest BCUT2D eigenvalue weighted by atomic mass is 32.2. The highest BCUT2D eigenvalue weighted by Gasteiger charge is 2.65. The number of carbonyl (C=O) groups is 1. The molecule has 58 heavy (non-hydrogen) atoms. The number of fused-ring (bicyclic) bond motifs is 2. The van der Waals surface area contributed by atoms with Gasteiger partial charge in [0, 0.05) is 54.7 Å². The van der Waals surface area contributed by atoms with Crippen LogP contribution in [-0.4, -0.2) is 83.9 Å². The van der Waals surface area contributed by atoms with Crippen molar-refractivity contribution in [2.24, 2.45) is 28.8 Å². The third kappa shape index (κ3) is 10.5. The van der Waals surface area contributed by atoms with Crippen LogP contribution in [0.25, 0.3) is 0 Å². The zero-order valence-electron chi connectivity index (χ0n) is 35.0. The number of aliphatic hydroxyl groups is 2. The number of benzene rings is 2. The molecule has 2 fully saturated rings. The standard InChI is InChI=1S/C48H68N2O7S/c1-4-26-50(45(53)25-22-35-16-10-11-17-35)44-34-42(49-56-6-3)40-32-36(18-12-14-27-51)39(21-13-15-28-52)46-41-33-37(54-30-31-58-38-19-8-7-9-20-38)23-24-43(41)57-48(44,47(40)46)55-29-5-2/h5,7-9,19-20,23-24,32-33,35-36,39,44,46-47,51-52H,2,4,6,10-18,21-22,25-31,34H2,1,3H3. The number of oxime groups is 1. The Bertz CT molecular complexity index is 1660. The molecule has 318 valence electrons. The number of aliphatic hydroxyl groups excluding tert-OH is 2. The molecule has 1 amide bonds. The molecule has 2 saturated carbocycles. The first-order valence-electron chi connectivity index (χ1n) is 22.3. The second kappa shape index (κ2) is 22.3. The minimum atomic E-state index is -1.22. The number of rotatable bonds is 24. The smallest absolute Gasteiger partial charge is 0.239 e. The van der Waals surface area contributed by atoms with Crippen LogP contribution in [0.3, 0.4) is 0 Å². The van der Waals surface area contributed by atoms with Crippen LogP contribution in [0.15, 0.2) is 82.9 Å². The summed E-state index contributed by atoms with van der Waals surface area (Å²) < 4.78 is 21.0. The van der Waals surface area contributed by atoms with Crippen LogP contribution in [0.1, 0.15) is 115 Å². The van der Waals surface area contributed by atoms with Crippen molar-refractivity contribution in [3.8, 4) is 11.5 Å². The van der Waals surface area contributed by atoms with E-state index < -0.39 is 11.8 Å². The molecule has 9 nitrogen and oxygen atoms in total. The van der Waals surface area contributed by atoms with Gasteiger partial charge in [0.25, 0.3) is 0 Å². The normalized spacial score (nSPS) is 25.7. The first-order valence-corrected chi connectivity index (χ1v) is 23.3. The van der Waals surface area contributed by atoms with Crippen LogP contribution in [0.5, 0.6) is 11.5 Å². The van der Waals surface area contributed by atoms with Gasteiger partial charge in [0.2, 0.25) is 11.7 Å². The Morgan fingerprint density at radius 2 is 1.81 bits per heavy atom. The van der Waals surface area contributed by atoms with Crippen LogP contribution in [0, 0.1) is 23.7 Å². The molecule has 2 aromatic carbocycles. The lowest BCUT2D eigenvalue weighted by Gasteiger charge is -2.60. The summed E-state index contributed by atoms with van der Waals surface area (Å²) in [5.74, 6) is 1.86. The predicted molar refractivity (Wildman–Crippen MR) is 232 cm³/mol. The molecule has 6 atom stereocenters. The van der Waals surface area contributed by atoms with Gasteiger partial charge >= 0.3 is 0 Å². The molecular weight excluding hydrogens is 749 g/mol. The topological polar surface area (TPSA) is 110 Å². The zero-order valence-corrected chi connectivity index (χ0v) is 35.8. The van der Waals surface area contributed by atoms with Crippen molar-refractivity contribution in [2.75, 3.05) is 45.3 Å². The maximum atomic E-state index is 14.6. The number of thioether (sulfide) groups is 1. The van der Waals surface area contributed by atoms with E-state index in [1.54, 1.807) is 17.8 Å². The molecule has 6 rings (SSSR count). The summed E-state index contributed by atoms with van der Waals surface area (Å²) in [6.07, 6.45) is 16.8. The van der Waals surface area contributed by atoms with Gasteiger partial charge in [0.05, 0.1) is 24.8 Å². The van der Waals surface area contributed by atoms with Crippen molar-refractivity contribution in [3.05, 3.63) is 78.4 Å². The van der Waals surface area contributed by atoms with Gasteiger partial charge in [-0.25, -0.2) is 0 Å². The summed E-state index contributed by atoms with van der Waals surface area (Å²) in [5.41, 5.74) is 2.99. The molecule has 1 heterocycles. The molecule has 2 aromatic rings. The maximum absolute atomic E-state index is 14.6. The van der Waals surface area contributed by atoms with Gasteiger partial charge in [-0.05, 0) is 99.1 Å². The lowest BCUT2D eigenvalue weighted by atomic mass is 9.55. The van der Waals surface area contributed by atoms with E-state index in [0.29, 0.717) is 38.5 Å². The predicted octanol–water partition coefficient (Wildman–Crippen LogP) is 9.72. The van der Waals surface area contributed by atoms with Crippen molar-refractivity contribution in [3.63, 3.8) is 0 Å². The van der Waals surface area contributed by atoms with E-state index in [0.717, 1.165) is 85.5 Å². The second-order valence-corrected chi connectivity index (χ2v) is 17.6. The first-order chi connectivity index (χ1) is 28.5. The minimum Gasteiger partial charge on any atom is -0.493 e. The molecule has 3 aliphatic carbocycles. The van der Waals surface area contributed by atoms with Crippen molar-refractivity contribution in [1.82, 2.24) is 4.90 Å². The molecule has 2 N–H and O–H groups in total. The van der Waals surface area contributed by atoms with Crippen molar-refractivity contribution >= 4 is 23.4 Å². The highest BCUT2D eigenvalue weighted by molar-refractivity contribution is 7.99. The molecule has 6 unspecified atom stereocenters. The number of unbranched alkanes of at least 4 members (excludes halogenated alkanes) is 2. The molecule has 4 aliphatic rings. The zero-order chi connectivity index (χ0) is 40.7.